The van der Waals surface area contributed by atoms with Crippen molar-refractivity contribution in [1.29, 1.82) is 0 Å². The van der Waals surface area contributed by atoms with Gasteiger partial charge >= 0.3 is 0 Å². The molecule has 0 spiro atoms. The smallest absolute Gasteiger partial charge is 0.239 e. The number of amides is 2. The zero-order chi connectivity index (χ0) is 18.0. The van der Waals surface area contributed by atoms with Gasteiger partial charge in [0.25, 0.3) is 0 Å². The van der Waals surface area contributed by atoms with E-state index < -0.39 is 0 Å². The largest absolute Gasteiger partial charge is 0.372 e. The zero-order valence-electron chi connectivity index (χ0n) is 15.7. The minimum absolute atomic E-state index is 0.0988. The van der Waals surface area contributed by atoms with Gasteiger partial charge in [-0.15, -0.1) is 0 Å². The molecule has 0 aromatic heterocycles. The Morgan fingerprint density at radius 2 is 1.68 bits per heavy atom. The van der Waals surface area contributed by atoms with E-state index in [4.69, 9.17) is 4.74 Å². The van der Waals surface area contributed by atoms with Crippen LogP contribution in [0, 0.1) is 0 Å². The van der Waals surface area contributed by atoms with Crippen LogP contribution in [0.5, 0.6) is 0 Å². The first-order valence-electron chi connectivity index (χ1n) is 9.62. The second-order valence-corrected chi connectivity index (χ2v) is 7.83. The molecule has 3 unspecified atom stereocenters. The third-order valence-electron chi connectivity index (χ3n) is 5.35. The van der Waals surface area contributed by atoms with Crippen molar-refractivity contribution in [2.24, 2.45) is 0 Å². The molecule has 1 aliphatic carbocycles. The molecule has 7 nitrogen and oxygen atoms in total. The summed E-state index contributed by atoms with van der Waals surface area (Å²) in [5.41, 5.74) is 0. The molecule has 0 aromatic carbocycles. The third kappa shape index (κ3) is 5.15. The summed E-state index contributed by atoms with van der Waals surface area (Å²) in [6, 6.07) is 0.310. The van der Waals surface area contributed by atoms with Crippen molar-refractivity contribution in [2.45, 2.75) is 57.9 Å². The quantitative estimate of drug-likeness (QED) is 0.749. The summed E-state index contributed by atoms with van der Waals surface area (Å²) in [4.78, 5) is 31.1. The fourth-order valence-electron chi connectivity index (χ4n) is 3.79. The van der Waals surface area contributed by atoms with E-state index in [0.29, 0.717) is 25.7 Å². The van der Waals surface area contributed by atoms with E-state index in [1.165, 1.54) is 0 Å². The number of carbonyl (C=O) groups excluding carboxylic acids is 2. The number of ether oxygens (including phenoxy) is 1. The highest BCUT2D eigenvalue weighted by atomic mass is 16.5. The van der Waals surface area contributed by atoms with Crippen molar-refractivity contribution in [3.63, 3.8) is 0 Å². The van der Waals surface area contributed by atoms with Crippen molar-refractivity contribution in [2.75, 3.05) is 45.8 Å². The minimum atomic E-state index is -0.111. The van der Waals surface area contributed by atoms with Crippen LogP contribution in [0.4, 0.5) is 0 Å². The second kappa shape index (κ2) is 8.01. The van der Waals surface area contributed by atoms with Crippen molar-refractivity contribution in [1.82, 2.24) is 20.0 Å². The molecule has 0 aromatic rings. The standard InChI is InChI=1S/C18H32N4O3/c1-13-10-22(11-14(2)25-13)18(24)15(3)21-8-6-20(7-9-21)12-17(23)19-16-4-5-16/h13-16H,4-12H2,1-3H3,(H,19,23). The van der Waals surface area contributed by atoms with Gasteiger partial charge in [-0.25, -0.2) is 0 Å². The summed E-state index contributed by atoms with van der Waals surface area (Å²) in [6.07, 6.45) is 2.44. The van der Waals surface area contributed by atoms with Crippen LogP contribution in [0.1, 0.15) is 33.6 Å². The molecule has 3 atom stereocenters. The summed E-state index contributed by atoms with van der Waals surface area (Å²) in [5, 5.41) is 3.04. The normalized spacial score (nSPS) is 30.1. The molecule has 2 amide bonds. The van der Waals surface area contributed by atoms with Crippen LogP contribution in [0.2, 0.25) is 0 Å². The van der Waals surface area contributed by atoms with E-state index >= 15 is 0 Å². The Balaban J connectivity index is 1.43. The Bertz CT molecular complexity index is 479. The third-order valence-corrected chi connectivity index (χ3v) is 5.35. The number of nitrogens with zero attached hydrogens (tertiary/aromatic N) is 3. The summed E-state index contributed by atoms with van der Waals surface area (Å²) in [5.74, 6) is 0.332. The Labute approximate surface area is 150 Å². The summed E-state index contributed by atoms with van der Waals surface area (Å²) >= 11 is 0. The molecule has 25 heavy (non-hydrogen) atoms. The van der Waals surface area contributed by atoms with Crippen LogP contribution < -0.4 is 5.32 Å². The predicted molar refractivity (Wildman–Crippen MR) is 95.2 cm³/mol. The van der Waals surface area contributed by atoms with Gasteiger partial charge in [0, 0.05) is 45.3 Å². The number of carbonyl (C=O) groups is 2. The fourth-order valence-corrected chi connectivity index (χ4v) is 3.79. The number of rotatable bonds is 5. The molecule has 142 valence electrons. The molecule has 0 bridgehead atoms. The van der Waals surface area contributed by atoms with Crippen LogP contribution in [-0.2, 0) is 14.3 Å². The zero-order valence-corrected chi connectivity index (χ0v) is 15.7. The van der Waals surface area contributed by atoms with E-state index in [1.54, 1.807) is 0 Å². The van der Waals surface area contributed by atoms with Gasteiger partial charge in [0.15, 0.2) is 0 Å². The Hall–Kier alpha value is -1.18. The van der Waals surface area contributed by atoms with Gasteiger partial charge in [-0.3, -0.25) is 19.4 Å². The molecule has 1 saturated carbocycles. The van der Waals surface area contributed by atoms with Crippen molar-refractivity contribution < 1.29 is 14.3 Å². The predicted octanol–water partition coefficient (Wildman–Crippen LogP) is -0.0931. The molecule has 2 heterocycles. The molecular formula is C18H32N4O3. The lowest BCUT2D eigenvalue weighted by Gasteiger charge is -2.41. The van der Waals surface area contributed by atoms with Crippen LogP contribution in [0.15, 0.2) is 0 Å². The van der Waals surface area contributed by atoms with Gasteiger partial charge < -0.3 is 15.0 Å². The van der Waals surface area contributed by atoms with E-state index in [-0.39, 0.29) is 30.1 Å². The van der Waals surface area contributed by atoms with E-state index in [2.05, 4.69) is 15.1 Å². The average molecular weight is 352 g/mol. The molecule has 1 N–H and O–H groups in total. The highest BCUT2D eigenvalue weighted by Gasteiger charge is 2.33. The molecule has 7 heteroatoms. The lowest BCUT2D eigenvalue weighted by atomic mass is 10.1. The first kappa shape index (κ1) is 18.6. The van der Waals surface area contributed by atoms with Gasteiger partial charge in [0.2, 0.25) is 11.8 Å². The molecular weight excluding hydrogens is 320 g/mol. The Morgan fingerprint density at radius 1 is 1.08 bits per heavy atom. The maximum atomic E-state index is 12.8. The summed E-state index contributed by atoms with van der Waals surface area (Å²) in [6.45, 7) is 11.2. The first-order valence-corrected chi connectivity index (χ1v) is 9.62. The van der Waals surface area contributed by atoms with Gasteiger partial charge in [-0.1, -0.05) is 0 Å². The lowest BCUT2D eigenvalue weighted by Crippen LogP contribution is -2.58. The van der Waals surface area contributed by atoms with Crippen molar-refractivity contribution in [3.8, 4) is 0 Å². The lowest BCUT2D eigenvalue weighted by molar-refractivity contribution is -0.149. The van der Waals surface area contributed by atoms with Gasteiger partial charge in [0.1, 0.15) is 0 Å². The number of piperazine rings is 1. The average Bonchev–Trinajstić information content (AvgIpc) is 3.37. The van der Waals surface area contributed by atoms with Crippen LogP contribution in [0.3, 0.4) is 0 Å². The molecule has 2 saturated heterocycles. The monoisotopic (exact) mass is 352 g/mol. The molecule has 2 aliphatic heterocycles. The number of hydrogen-bond donors (Lipinski definition) is 1. The van der Waals surface area contributed by atoms with Gasteiger partial charge in [0.05, 0.1) is 24.8 Å². The van der Waals surface area contributed by atoms with Gasteiger partial charge in [-0.2, -0.15) is 0 Å². The highest BCUT2D eigenvalue weighted by molar-refractivity contribution is 5.81. The topological polar surface area (TPSA) is 65.1 Å². The number of morpholine rings is 1. The van der Waals surface area contributed by atoms with E-state index in [1.807, 2.05) is 25.7 Å². The molecule has 0 radical (unpaired) electrons. The molecule has 3 aliphatic rings. The summed E-state index contributed by atoms with van der Waals surface area (Å²) < 4.78 is 5.72. The second-order valence-electron chi connectivity index (χ2n) is 7.83. The molecule has 3 fully saturated rings. The molecule has 3 rings (SSSR count). The van der Waals surface area contributed by atoms with Crippen LogP contribution >= 0.6 is 0 Å². The summed E-state index contributed by atoms with van der Waals surface area (Å²) in [7, 11) is 0. The fraction of sp³-hybridized carbons (Fsp3) is 0.889. The van der Waals surface area contributed by atoms with Crippen molar-refractivity contribution in [3.05, 3.63) is 0 Å². The van der Waals surface area contributed by atoms with E-state index in [0.717, 1.165) is 39.0 Å². The SMILES string of the molecule is CC1CN(C(=O)C(C)N2CCN(CC(=O)NC3CC3)CC2)CC(C)O1. The highest BCUT2D eigenvalue weighted by Crippen LogP contribution is 2.18. The van der Waals surface area contributed by atoms with Gasteiger partial charge in [-0.05, 0) is 33.6 Å². The minimum Gasteiger partial charge on any atom is -0.372 e. The van der Waals surface area contributed by atoms with Crippen LogP contribution in [0.25, 0.3) is 0 Å². The van der Waals surface area contributed by atoms with Crippen molar-refractivity contribution >= 4 is 11.8 Å². The maximum Gasteiger partial charge on any atom is 0.239 e. The maximum absolute atomic E-state index is 12.8. The van der Waals surface area contributed by atoms with Crippen LogP contribution in [-0.4, -0.2) is 96.6 Å². The first-order chi connectivity index (χ1) is 11.9. The van der Waals surface area contributed by atoms with E-state index in [9.17, 15) is 9.59 Å². The Kier molecular flexibility index (Phi) is 5.96. The number of hydrogen-bond acceptors (Lipinski definition) is 5. The Morgan fingerprint density at radius 3 is 2.24 bits per heavy atom. The number of nitrogens with one attached hydrogen (secondary N) is 1.